The SMILES string of the molecule is CC.Cc1cc(F)cc(C(F)(F)CO)c1F. The quantitative estimate of drug-likeness (QED) is 0.783. The minimum Gasteiger partial charge on any atom is -0.390 e. The zero-order valence-corrected chi connectivity index (χ0v) is 9.32. The van der Waals surface area contributed by atoms with Crippen molar-refractivity contribution in [2.45, 2.75) is 26.7 Å². The summed E-state index contributed by atoms with van der Waals surface area (Å²) in [5.74, 6) is -5.89. The van der Waals surface area contributed by atoms with Crippen LogP contribution in [0, 0.1) is 18.6 Å². The lowest BCUT2D eigenvalue weighted by Gasteiger charge is -2.15. The highest BCUT2D eigenvalue weighted by Crippen LogP contribution is 2.31. The van der Waals surface area contributed by atoms with Gasteiger partial charge in [0.1, 0.15) is 18.2 Å². The summed E-state index contributed by atoms with van der Waals surface area (Å²) in [6.45, 7) is 3.63. The minimum absolute atomic E-state index is 0.215. The van der Waals surface area contributed by atoms with Crippen LogP contribution in [0.15, 0.2) is 12.1 Å². The molecule has 0 aromatic heterocycles. The summed E-state index contributed by atoms with van der Waals surface area (Å²) in [6.07, 6.45) is 0. The third-order valence-electron chi connectivity index (χ3n) is 1.81. The first-order valence-electron chi connectivity index (χ1n) is 4.83. The van der Waals surface area contributed by atoms with Crippen LogP contribution in [-0.4, -0.2) is 11.7 Å². The van der Waals surface area contributed by atoms with Gasteiger partial charge in [0.15, 0.2) is 0 Å². The van der Waals surface area contributed by atoms with Gasteiger partial charge in [0.05, 0.1) is 5.56 Å². The van der Waals surface area contributed by atoms with E-state index in [1.54, 1.807) is 0 Å². The van der Waals surface area contributed by atoms with Crippen LogP contribution in [0.3, 0.4) is 0 Å². The summed E-state index contributed by atoms with van der Waals surface area (Å²) in [7, 11) is 0. The second-order valence-corrected chi connectivity index (χ2v) is 2.95. The molecule has 0 radical (unpaired) electrons. The van der Waals surface area contributed by atoms with Gasteiger partial charge in [-0.05, 0) is 24.6 Å². The first-order chi connectivity index (χ1) is 7.38. The maximum Gasteiger partial charge on any atom is 0.298 e. The van der Waals surface area contributed by atoms with Crippen molar-refractivity contribution in [2.24, 2.45) is 0 Å². The molecule has 1 N–H and O–H groups in total. The van der Waals surface area contributed by atoms with Gasteiger partial charge >= 0.3 is 0 Å². The Morgan fingerprint density at radius 2 is 1.69 bits per heavy atom. The summed E-state index contributed by atoms with van der Waals surface area (Å²) < 4.78 is 51.5. The normalized spacial score (nSPS) is 10.8. The molecule has 0 heterocycles. The first-order valence-corrected chi connectivity index (χ1v) is 4.83. The Morgan fingerprint density at radius 1 is 1.19 bits per heavy atom. The highest BCUT2D eigenvalue weighted by Gasteiger charge is 2.34. The van der Waals surface area contributed by atoms with Crippen molar-refractivity contribution < 1.29 is 22.7 Å². The van der Waals surface area contributed by atoms with Gasteiger partial charge in [-0.2, -0.15) is 8.78 Å². The van der Waals surface area contributed by atoms with Gasteiger partial charge < -0.3 is 5.11 Å². The fourth-order valence-corrected chi connectivity index (χ4v) is 1.08. The maximum atomic E-state index is 13.1. The van der Waals surface area contributed by atoms with Crippen LogP contribution in [0.25, 0.3) is 0 Å². The fraction of sp³-hybridized carbons (Fsp3) is 0.455. The maximum absolute atomic E-state index is 13.1. The molecule has 5 heteroatoms. The van der Waals surface area contributed by atoms with Crippen molar-refractivity contribution in [2.75, 3.05) is 6.61 Å². The molecule has 0 amide bonds. The molecule has 0 aliphatic carbocycles. The molecule has 1 nitrogen and oxygen atoms in total. The number of alkyl halides is 2. The standard InChI is InChI=1S/C9H8F4O.C2H6/c1-5-2-6(10)3-7(8(5)11)9(12,13)4-14;1-2/h2-3,14H,4H2,1H3;1-2H3. The molecule has 92 valence electrons. The molecule has 0 bridgehead atoms. The average molecular weight is 238 g/mol. The van der Waals surface area contributed by atoms with E-state index in [0.29, 0.717) is 6.07 Å². The number of hydrogen-bond donors (Lipinski definition) is 1. The Bertz CT molecular complexity index is 350. The molecule has 1 rings (SSSR count). The van der Waals surface area contributed by atoms with Crippen molar-refractivity contribution in [1.29, 1.82) is 0 Å². The van der Waals surface area contributed by atoms with E-state index in [0.717, 1.165) is 6.07 Å². The summed E-state index contributed by atoms with van der Waals surface area (Å²) in [5.41, 5.74) is -1.33. The van der Waals surface area contributed by atoms with Gasteiger partial charge in [-0.1, -0.05) is 13.8 Å². The lowest BCUT2D eigenvalue weighted by molar-refractivity contribution is -0.0585. The minimum atomic E-state index is -3.75. The predicted molar refractivity (Wildman–Crippen MR) is 53.4 cm³/mol. The Morgan fingerprint density at radius 3 is 2.12 bits per heavy atom. The first kappa shape index (κ1) is 14.9. The van der Waals surface area contributed by atoms with Crippen LogP contribution < -0.4 is 0 Å². The number of hydrogen-bond acceptors (Lipinski definition) is 1. The van der Waals surface area contributed by atoms with Crippen LogP contribution in [-0.2, 0) is 5.92 Å². The van der Waals surface area contributed by atoms with Crippen molar-refractivity contribution in [3.05, 3.63) is 34.9 Å². The molecule has 0 fully saturated rings. The molecule has 0 unspecified atom stereocenters. The molecule has 0 aliphatic rings. The monoisotopic (exact) mass is 238 g/mol. The molecule has 1 aromatic rings. The molecule has 0 atom stereocenters. The fourth-order valence-electron chi connectivity index (χ4n) is 1.08. The van der Waals surface area contributed by atoms with Crippen LogP contribution in [0.5, 0.6) is 0 Å². The second-order valence-electron chi connectivity index (χ2n) is 2.95. The van der Waals surface area contributed by atoms with Gasteiger partial charge in [0, 0.05) is 0 Å². The molecular formula is C11H14F4O. The molecular weight excluding hydrogens is 224 g/mol. The van der Waals surface area contributed by atoms with Crippen LogP contribution in [0.4, 0.5) is 17.6 Å². The number of halogens is 4. The van der Waals surface area contributed by atoms with E-state index in [1.165, 1.54) is 6.92 Å². The number of aryl methyl sites for hydroxylation is 1. The number of aliphatic hydroxyl groups is 1. The van der Waals surface area contributed by atoms with E-state index in [4.69, 9.17) is 5.11 Å². The highest BCUT2D eigenvalue weighted by atomic mass is 19.3. The van der Waals surface area contributed by atoms with Gasteiger partial charge in [0.25, 0.3) is 5.92 Å². The molecule has 0 saturated carbocycles. The molecule has 0 saturated heterocycles. The topological polar surface area (TPSA) is 20.2 Å². The number of aliphatic hydroxyl groups excluding tert-OH is 1. The molecule has 16 heavy (non-hydrogen) atoms. The molecule has 1 aromatic carbocycles. The summed E-state index contributed by atoms with van der Waals surface area (Å²) in [5, 5.41) is 8.31. The third-order valence-corrected chi connectivity index (χ3v) is 1.81. The van der Waals surface area contributed by atoms with Crippen molar-refractivity contribution >= 4 is 0 Å². The molecule has 0 spiro atoms. The predicted octanol–water partition coefficient (Wildman–Crippen LogP) is 3.38. The van der Waals surface area contributed by atoms with E-state index in [1.807, 2.05) is 13.8 Å². The Kier molecular flexibility index (Phi) is 5.44. The smallest absolute Gasteiger partial charge is 0.298 e. The van der Waals surface area contributed by atoms with E-state index in [-0.39, 0.29) is 5.56 Å². The van der Waals surface area contributed by atoms with E-state index in [2.05, 4.69) is 0 Å². The Hall–Kier alpha value is -1.10. The largest absolute Gasteiger partial charge is 0.390 e. The van der Waals surface area contributed by atoms with E-state index in [9.17, 15) is 17.6 Å². The zero-order valence-electron chi connectivity index (χ0n) is 9.32. The average Bonchev–Trinajstić information content (AvgIpc) is 2.26. The van der Waals surface area contributed by atoms with Crippen LogP contribution >= 0.6 is 0 Å². The van der Waals surface area contributed by atoms with Crippen LogP contribution in [0.1, 0.15) is 25.0 Å². The lowest BCUT2D eigenvalue weighted by Crippen LogP contribution is -2.21. The highest BCUT2D eigenvalue weighted by molar-refractivity contribution is 5.29. The van der Waals surface area contributed by atoms with E-state index >= 15 is 0 Å². The van der Waals surface area contributed by atoms with Crippen molar-refractivity contribution in [3.8, 4) is 0 Å². The zero-order chi connectivity index (χ0) is 12.9. The summed E-state index contributed by atoms with van der Waals surface area (Å²) >= 11 is 0. The second kappa shape index (κ2) is 5.84. The van der Waals surface area contributed by atoms with E-state index < -0.39 is 29.7 Å². The van der Waals surface area contributed by atoms with Gasteiger partial charge in [-0.3, -0.25) is 0 Å². The Balaban J connectivity index is 0.00000106. The van der Waals surface area contributed by atoms with Crippen molar-refractivity contribution in [1.82, 2.24) is 0 Å². The number of rotatable bonds is 2. The summed E-state index contributed by atoms with van der Waals surface area (Å²) in [4.78, 5) is 0. The third kappa shape index (κ3) is 3.20. The number of benzene rings is 1. The molecule has 0 aliphatic heterocycles. The van der Waals surface area contributed by atoms with Crippen molar-refractivity contribution in [3.63, 3.8) is 0 Å². The summed E-state index contributed by atoms with van der Waals surface area (Å²) in [6, 6.07) is 1.20. The Labute approximate surface area is 91.7 Å². The van der Waals surface area contributed by atoms with Gasteiger partial charge in [-0.15, -0.1) is 0 Å². The van der Waals surface area contributed by atoms with Gasteiger partial charge in [0.2, 0.25) is 0 Å². The van der Waals surface area contributed by atoms with Gasteiger partial charge in [-0.25, -0.2) is 8.78 Å². The lowest BCUT2D eigenvalue weighted by atomic mass is 10.0. The van der Waals surface area contributed by atoms with Crippen LogP contribution in [0.2, 0.25) is 0 Å².